The summed E-state index contributed by atoms with van der Waals surface area (Å²) in [5, 5.41) is 0. The molecular weight excluding hydrogens is 393 g/mol. The molecule has 1 heterocycles. The van der Waals surface area contributed by atoms with Crippen LogP contribution in [0, 0.1) is 5.92 Å². The molecule has 0 aromatic heterocycles. The normalized spacial score (nSPS) is 21.8. The van der Waals surface area contributed by atoms with Gasteiger partial charge in [-0.2, -0.15) is 0 Å². The minimum atomic E-state index is -4.69. The third-order valence-corrected chi connectivity index (χ3v) is 5.42. The molecule has 164 valence electrons. The Morgan fingerprint density at radius 2 is 1.70 bits per heavy atom. The molecule has 2 aliphatic rings. The predicted molar refractivity (Wildman–Crippen MR) is 113 cm³/mol. The number of nitrogens with zero attached hydrogens (tertiary/aromatic N) is 1. The molecule has 0 spiro atoms. The van der Waals surface area contributed by atoms with Crippen LogP contribution in [0.4, 0.5) is 18.9 Å². The maximum absolute atomic E-state index is 11.6. The molecule has 4 nitrogen and oxygen atoms in total. The molecule has 0 bridgehead atoms. The summed E-state index contributed by atoms with van der Waals surface area (Å²) >= 11 is 0. The first-order valence-electron chi connectivity index (χ1n) is 10.2. The van der Waals surface area contributed by atoms with Crippen LogP contribution >= 0.6 is 0 Å². The van der Waals surface area contributed by atoms with Gasteiger partial charge in [0, 0.05) is 30.4 Å². The highest BCUT2D eigenvalue weighted by atomic mass is 19.4. The number of hydrogen-bond acceptors (Lipinski definition) is 4. The smallest absolute Gasteiger partial charge is 0.406 e. The highest BCUT2D eigenvalue weighted by molar-refractivity contribution is 5.74. The van der Waals surface area contributed by atoms with Gasteiger partial charge in [0.2, 0.25) is 0 Å². The average Bonchev–Trinajstić information content (AvgIpc) is 3.24. The number of para-hydroxylation sites is 1. The summed E-state index contributed by atoms with van der Waals surface area (Å²) < 4.78 is 38.5. The van der Waals surface area contributed by atoms with Crippen molar-refractivity contribution >= 4 is 12.0 Å². The molecule has 1 aliphatic heterocycles. The third kappa shape index (κ3) is 5.75. The molecule has 2 aromatic carbocycles. The van der Waals surface area contributed by atoms with Crippen LogP contribution in [-0.4, -0.2) is 25.7 Å². The van der Waals surface area contributed by atoms with E-state index in [1.165, 1.54) is 42.6 Å². The summed E-state index contributed by atoms with van der Waals surface area (Å²) in [6.45, 7) is 4.00. The lowest BCUT2D eigenvalue weighted by Crippen LogP contribution is -2.44. The summed E-state index contributed by atoms with van der Waals surface area (Å²) in [6, 6.07) is 14.2. The highest BCUT2D eigenvalue weighted by Gasteiger charge is 2.40. The van der Waals surface area contributed by atoms with Gasteiger partial charge < -0.3 is 15.4 Å². The topological polar surface area (TPSA) is 55.6 Å². The number of anilines is 1. The number of rotatable bonds is 2. The summed E-state index contributed by atoms with van der Waals surface area (Å²) in [5.41, 5.74) is 9.34. The quantitative estimate of drug-likeness (QED) is 0.628. The number of hydrogen-bond donors (Lipinski definition) is 1. The van der Waals surface area contributed by atoms with Crippen molar-refractivity contribution in [2.45, 2.75) is 51.6 Å². The third-order valence-electron chi connectivity index (χ3n) is 5.42. The van der Waals surface area contributed by atoms with Gasteiger partial charge in [-0.3, -0.25) is 4.79 Å². The summed E-state index contributed by atoms with van der Waals surface area (Å²) in [6.07, 6.45) is -0.213. The number of ether oxygens (including phenoxy) is 1. The molecule has 3 unspecified atom stereocenters. The minimum absolute atomic E-state index is 0.255. The van der Waals surface area contributed by atoms with E-state index in [0.29, 0.717) is 23.8 Å². The van der Waals surface area contributed by atoms with Gasteiger partial charge in [-0.15, -0.1) is 13.2 Å². The van der Waals surface area contributed by atoms with Crippen molar-refractivity contribution < 1.29 is 22.7 Å². The fraction of sp³-hybridized carbons (Fsp3) is 0.435. The van der Waals surface area contributed by atoms with Crippen LogP contribution in [0.15, 0.2) is 48.5 Å². The molecule has 3 atom stereocenters. The SMILES string of the molecule is CC.CN1c2ccccc2C(N)C2CCCC21.O=Cc1ccc(OC(F)(F)F)cc1. The lowest BCUT2D eigenvalue weighted by Gasteiger charge is -2.41. The summed E-state index contributed by atoms with van der Waals surface area (Å²) in [7, 11) is 2.22. The van der Waals surface area contributed by atoms with Gasteiger partial charge in [-0.05, 0) is 54.7 Å². The molecule has 1 saturated carbocycles. The number of nitrogens with two attached hydrogens (primary N) is 1. The summed E-state index contributed by atoms with van der Waals surface area (Å²) in [4.78, 5) is 12.6. The van der Waals surface area contributed by atoms with Crippen molar-refractivity contribution in [1.29, 1.82) is 0 Å². The highest BCUT2D eigenvalue weighted by Crippen LogP contribution is 2.45. The standard InChI is InChI=1S/C13H18N2.C8H5F3O2.C2H6/c1-15-11-7-3-2-5-9(11)13(14)10-6-4-8-12(10)15;9-8(10,11)13-7-3-1-6(5-12)2-4-7;1-2/h2-3,5,7,10,12-13H,4,6,8,14H2,1H3;1-5H;1-2H3. The van der Waals surface area contributed by atoms with Gasteiger partial charge >= 0.3 is 6.36 Å². The molecule has 7 heteroatoms. The van der Waals surface area contributed by atoms with Crippen LogP contribution in [0.2, 0.25) is 0 Å². The average molecular weight is 422 g/mol. The lowest BCUT2D eigenvalue weighted by molar-refractivity contribution is -0.274. The second kappa shape index (κ2) is 10.5. The number of aldehydes is 1. The van der Waals surface area contributed by atoms with Crippen LogP contribution in [0.5, 0.6) is 5.75 Å². The maximum atomic E-state index is 11.6. The van der Waals surface area contributed by atoms with Gasteiger partial charge in [0.05, 0.1) is 0 Å². The van der Waals surface area contributed by atoms with Gasteiger partial charge in [-0.25, -0.2) is 0 Å². The molecule has 30 heavy (non-hydrogen) atoms. The largest absolute Gasteiger partial charge is 0.573 e. The van der Waals surface area contributed by atoms with Crippen LogP contribution in [-0.2, 0) is 0 Å². The Morgan fingerprint density at radius 3 is 2.30 bits per heavy atom. The van der Waals surface area contributed by atoms with E-state index < -0.39 is 6.36 Å². The number of halogens is 3. The fourth-order valence-electron chi connectivity index (χ4n) is 4.12. The number of alkyl halides is 3. The number of benzene rings is 2. The first-order chi connectivity index (χ1) is 14.3. The second-order valence-electron chi connectivity index (χ2n) is 7.09. The molecule has 2 aromatic rings. The Hall–Kier alpha value is -2.54. The minimum Gasteiger partial charge on any atom is -0.406 e. The fourth-order valence-corrected chi connectivity index (χ4v) is 4.12. The maximum Gasteiger partial charge on any atom is 0.573 e. The molecule has 0 radical (unpaired) electrons. The Balaban J connectivity index is 0.000000200. The van der Waals surface area contributed by atoms with E-state index >= 15 is 0 Å². The van der Waals surface area contributed by atoms with Gasteiger partial charge in [0.1, 0.15) is 12.0 Å². The zero-order chi connectivity index (χ0) is 22.3. The van der Waals surface area contributed by atoms with Crippen molar-refractivity contribution in [3.05, 3.63) is 59.7 Å². The molecule has 0 saturated heterocycles. The van der Waals surface area contributed by atoms with Crippen LogP contribution in [0.3, 0.4) is 0 Å². The van der Waals surface area contributed by atoms with E-state index in [1.807, 2.05) is 13.8 Å². The van der Waals surface area contributed by atoms with Crippen molar-refractivity contribution in [2.75, 3.05) is 11.9 Å². The van der Waals surface area contributed by atoms with E-state index in [-0.39, 0.29) is 11.8 Å². The Bertz CT molecular complexity index is 774. The predicted octanol–water partition coefficient (Wildman–Crippen LogP) is 5.73. The Kier molecular flexibility index (Phi) is 8.29. The van der Waals surface area contributed by atoms with Gasteiger partial charge in [-0.1, -0.05) is 38.5 Å². The first kappa shape index (κ1) is 23.7. The lowest BCUT2D eigenvalue weighted by atomic mass is 9.84. The molecule has 0 amide bonds. The zero-order valence-corrected chi connectivity index (χ0v) is 17.5. The van der Waals surface area contributed by atoms with Gasteiger partial charge in [0.25, 0.3) is 0 Å². The molecule has 1 fully saturated rings. The number of carbonyl (C=O) groups excluding carboxylic acids is 1. The van der Waals surface area contributed by atoms with Gasteiger partial charge in [0.15, 0.2) is 0 Å². The van der Waals surface area contributed by atoms with Crippen molar-refractivity contribution in [3.8, 4) is 5.75 Å². The number of carbonyl (C=O) groups is 1. The van der Waals surface area contributed by atoms with E-state index in [2.05, 4.69) is 40.9 Å². The van der Waals surface area contributed by atoms with Crippen LogP contribution in [0.25, 0.3) is 0 Å². The van der Waals surface area contributed by atoms with Crippen molar-refractivity contribution in [1.82, 2.24) is 0 Å². The van der Waals surface area contributed by atoms with Crippen LogP contribution < -0.4 is 15.4 Å². The van der Waals surface area contributed by atoms with E-state index in [0.717, 1.165) is 12.1 Å². The molecule has 1 aliphatic carbocycles. The van der Waals surface area contributed by atoms with Crippen LogP contribution in [0.1, 0.15) is 55.1 Å². The number of fused-ring (bicyclic) bond motifs is 2. The monoisotopic (exact) mass is 422 g/mol. The van der Waals surface area contributed by atoms with E-state index in [1.54, 1.807) is 0 Å². The van der Waals surface area contributed by atoms with E-state index in [9.17, 15) is 18.0 Å². The van der Waals surface area contributed by atoms with Crippen molar-refractivity contribution in [3.63, 3.8) is 0 Å². The first-order valence-corrected chi connectivity index (χ1v) is 10.2. The molecule has 2 N–H and O–H groups in total. The van der Waals surface area contributed by atoms with Crippen molar-refractivity contribution in [2.24, 2.45) is 11.7 Å². The molecule has 4 rings (SSSR count). The Morgan fingerprint density at radius 1 is 1.07 bits per heavy atom. The Labute approximate surface area is 175 Å². The summed E-state index contributed by atoms with van der Waals surface area (Å²) in [5.74, 6) is 0.336. The molecular formula is C23H29F3N2O2. The zero-order valence-electron chi connectivity index (χ0n) is 17.5. The van der Waals surface area contributed by atoms with E-state index in [4.69, 9.17) is 5.73 Å². The second-order valence-corrected chi connectivity index (χ2v) is 7.09.